The van der Waals surface area contributed by atoms with Gasteiger partial charge < -0.3 is 10.1 Å². The largest absolute Gasteiger partial charge is 0.477 e. The van der Waals surface area contributed by atoms with Crippen molar-refractivity contribution in [2.45, 2.75) is 31.3 Å². The SMILES string of the molecule is N#Cc1ccc(C(c2ccc(OCC3CC3)nc2)N2CC[C@@H](NC(=O)c3ccc(C#N)cc3F)C2)cc1. The number of carbonyl (C=O) groups excluding carboxylic acids is 1. The van der Waals surface area contributed by atoms with E-state index in [4.69, 9.17) is 10.00 Å². The van der Waals surface area contributed by atoms with Crippen LogP contribution >= 0.6 is 0 Å². The van der Waals surface area contributed by atoms with Crippen molar-refractivity contribution in [2.75, 3.05) is 19.7 Å². The number of amides is 1. The first-order valence-electron chi connectivity index (χ1n) is 12.4. The number of aromatic nitrogens is 1. The van der Waals surface area contributed by atoms with Gasteiger partial charge in [0.1, 0.15) is 5.82 Å². The van der Waals surface area contributed by atoms with Crippen LogP contribution in [0.1, 0.15) is 57.9 Å². The van der Waals surface area contributed by atoms with Crippen LogP contribution < -0.4 is 10.1 Å². The van der Waals surface area contributed by atoms with Gasteiger partial charge >= 0.3 is 0 Å². The van der Waals surface area contributed by atoms with E-state index in [-0.39, 0.29) is 23.2 Å². The molecule has 0 radical (unpaired) electrons. The lowest BCUT2D eigenvalue weighted by molar-refractivity contribution is 0.0933. The summed E-state index contributed by atoms with van der Waals surface area (Å²) in [6.45, 7) is 1.97. The Balaban J connectivity index is 1.32. The number of benzene rings is 2. The number of pyridine rings is 1. The predicted octanol–water partition coefficient (Wildman–Crippen LogP) is 4.35. The third-order valence-corrected chi connectivity index (χ3v) is 6.86. The van der Waals surface area contributed by atoms with Crippen molar-refractivity contribution >= 4 is 5.91 Å². The zero-order valence-electron chi connectivity index (χ0n) is 20.2. The highest BCUT2D eigenvalue weighted by Gasteiger charge is 2.32. The second-order valence-electron chi connectivity index (χ2n) is 9.58. The summed E-state index contributed by atoms with van der Waals surface area (Å²) >= 11 is 0. The highest BCUT2D eigenvalue weighted by atomic mass is 19.1. The van der Waals surface area contributed by atoms with E-state index in [9.17, 15) is 14.4 Å². The van der Waals surface area contributed by atoms with Gasteiger partial charge in [0, 0.05) is 31.4 Å². The average molecular weight is 496 g/mol. The third-order valence-electron chi connectivity index (χ3n) is 6.86. The summed E-state index contributed by atoms with van der Waals surface area (Å²) in [7, 11) is 0. The molecule has 1 aliphatic heterocycles. The summed E-state index contributed by atoms with van der Waals surface area (Å²) < 4.78 is 20.1. The van der Waals surface area contributed by atoms with Crippen LogP contribution in [0.2, 0.25) is 0 Å². The molecule has 1 N–H and O–H groups in total. The number of hydrogen-bond acceptors (Lipinski definition) is 6. The number of ether oxygens (including phenoxy) is 1. The van der Waals surface area contributed by atoms with Crippen molar-refractivity contribution in [3.63, 3.8) is 0 Å². The molecule has 1 saturated carbocycles. The van der Waals surface area contributed by atoms with Crippen LogP contribution in [0.3, 0.4) is 0 Å². The standard InChI is InChI=1S/C29H26FN5O2/c30-26-13-21(15-32)5-9-25(26)29(36)34-24-11-12-35(17-24)28(22-6-3-19(14-31)4-7-22)23-8-10-27(33-16-23)37-18-20-1-2-20/h3-10,13,16,20,24,28H,1-2,11-12,17-18H2,(H,34,36)/t24-,28?/m1/s1. The molecule has 2 atom stereocenters. The summed E-state index contributed by atoms with van der Waals surface area (Å²) in [5, 5.41) is 21.1. The number of carbonyl (C=O) groups is 1. The second-order valence-corrected chi connectivity index (χ2v) is 9.58. The number of nitrogens with zero attached hydrogens (tertiary/aromatic N) is 4. The van der Waals surface area contributed by atoms with Gasteiger partial charge in [-0.05, 0) is 66.6 Å². The van der Waals surface area contributed by atoms with E-state index in [2.05, 4.69) is 21.3 Å². The van der Waals surface area contributed by atoms with E-state index >= 15 is 0 Å². The fourth-order valence-electron chi connectivity index (χ4n) is 4.65. The molecular weight excluding hydrogens is 469 g/mol. The van der Waals surface area contributed by atoms with Crippen LogP contribution in [0.15, 0.2) is 60.8 Å². The molecule has 5 rings (SSSR count). The molecule has 0 spiro atoms. The highest BCUT2D eigenvalue weighted by molar-refractivity contribution is 5.94. The van der Waals surface area contributed by atoms with E-state index in [1.165, 1.54) is 25.0 Å². The zero-order valence-corrected chi connectivity index (χ0v) is 20.2. The van der Waals surface area contributed by atoms with Crippen molar-refractivity contribution in [1.29, 1.82) is 10.5 Å². The van der Waals surface area contributed by atoms with Gasteiger partial charge in [0.15, 0.2) is 0 Å². The monoisotopic (exact) mass is 495 g/mol. The molecule has 8 heteroatoms. The topological polar surface area (TPSA) is 102 Å². The van der Waals surface area contributed by atoms with Crippen molar-refractivity contribution in [3.8, 4) is 18.0 Å². The fraction of sp³-hybridized carbons (Fsp3) is 0.310. The minimum absolute atomic E-state index is 0.0768. The van der Waals surface area contributed by atoms with E-state index in [1.807, 2.05) is 36.5 Å². The normalized spacial score (nSPS) is 18.0. The van der Waals surface area contributed by atoms with Gasteiger partial charge in [-0.15, -0.1) is 0 Å². The quantitative estimate of drug-likeness (QED) is 0.499. The summed E-state index contributed by atoms with van der Waals surface area (Å²) in [4.78, 5) is 19.5. The summed E-state index contributed by atoms with van der Waals surface area (Å²) in [6.07, 6.45) is 4.95. The summed E-state index contributed by atoms with van der Waals surface area (Å²) in [5.41, 5.74) is 2.67. The Morgan fingerprint density at radius 2 is 1.78 bits per heavy atom. The van der Waals surface area contributed by atoms with Crippen LogP contribution in [-0.4, -0.2) is 41.5 Å². The van der Waals surface area contributed by atoms with Crippen molar-refractivity contribution in [1.82, 2.24) is 15.2 Å². The fourth-order valence-corrected chi connectivity index (χ4v) is 4.65. The Bertz CT molecular complexity index is 1360. The first-order chi connectivity index (χ1) is 18.0. The number of nitrogens with one attached hydrogen (secondary N) is 1. The summed E-state index contributed by atoms with van der Waals surface area (Å²) in [6, 6.07) is 19.0. The molecule has 2 fully saturated rings. The Kier molecular flexibility index (Phi) is 7.11. The first-order valence-corrected chi connectivity index (χ1v) is 12.4. The van der Waals surface area contributed by atoms with Gasteiger partial charge in [-0.3, -0.25) is 9.69 Å². The number of halogens is 1. The number of rotatable bonds is 8. The molecule has 2 aromatic carbocycles. The van der Waals surface area contributed by atoms with Crippen molar-refractivity contribution in [2.24, 2.45) is 5.92 Å². The Hall–Kier alpha value is -4.27. The maximum absolute atomic E-state index is 14.3. The number of likely N-dealkylation sites (tertiary alicyclic amines) is 1. The molecule has 2 heterocycles. The molecule has 1 aliphatic carbocycles. The molecule has 3 aromatic rings. The molecule has 37 heavy (non-hydrogen) atoms. The number of hydrogen-bond donors (Lipinski definition) is 1. The molecule has 186 valence electrons. The molecule has 0 bridgehead atoms. The molecular formula is C29H26FN5O2. The predicted molar refractivity (Wildman–Crippen MR) is 134 cm³/mol. The van der Waals surface area contributed by atoms with Crippen LogP contribution in [0.4, 0.5) is 4.39 Å². The van der Waals surface area contributed by atoms with Crippen LogP contribution in [0.5, 0.6) is 5.88 Å². The van der Waals surface area contributed by atoms with Crippen LogP contribution in [0.25, 0.3) is 0 Å². The lowest BCUT2D eigenvalue weighted by Crippen LogP contribution is -2.38. The second kappa shape index (κ2) is 10.8. The minimum atomic E-state index is -0.711. The van der Waals surface area contributed by atoms with Crippen LogP contribution in [-0.2, 0) is 0 Å². The lowest BCUT2D eigenvalue weighted by Gasteiger charge is -2.29. The number of nitriles is 2. The Morgan fingerprint density at radius 1 is 1.05 bits per heavy atom. The lowest BCUT2D eigenvalue weighted by atomic mass is 9.97. The van der Waals surface area contributed by atoms with E-state index < -0.39 is 11.7 Å². The van der Waals surface area contributed by atoms with Crippen LogP contribution in [0, 0.1) is 34.4 Å². The van der Waals surface area contributed by atoms with Gasteiger partial charge in [-0.25, -0.2) is 9.37 Å². The molecule has 7 nitrogen and oxygen atoms in total. The van der Waals surface area contributed by atoms with Gasteiger partial charge in [0.05, 0.1) is 41.5 Å². The molecule has 1 unspecified atom stereocenters. The van der Waals surface area contributed by atoms with Crippen molar-refractivity contribution < 1.29 is 13.9 Å². The van der Waals surface area contributed by atoms with Crippen molar-refractivity contribution in [3.05, 3.63) is 94.4 Å². The van der Waals surface area contributed by atoms with Gasteiger partial charge in [0.2, 0.25) is 5.88 Å². The van der Waals surface area contributed by atoms with Gasteiger partial charge in [0.25, 0.3) is 5.91 Å². The molecule has 1 amide bonds. The highest BCUT2D eigenvalue weighted by Crippen LogP contribution is 2.33. The van der Waals surface area contributed by atoms with E-state index in [1.54, 1.807) is 12.1 Å². The maximum Gasteiger partial charge on any atom is 0.254 e. The Labute approximate surface area is 215 Å². The van der Waals surface area contributed by atoms with E-state index in [0.29, 0.717) is 43.5 Å². The van der Waals surface area contributed by atoms with E-state index in [0.717, 1.165) is 17.2 Å². The maximum atomic E-state index is 14.3. The average Bonchev–Trinajstić information content (AvgIpc) is 3.65. The Morgan fingerprint density at radius 3 is 2.43 bits per heavy atom. The summed E-state index contributed by atoms with van der Waals surface area (Å²) in [5.74, 6) is 0.0344. The van der Waals surface area contributed by atoms with Gasteiger partial charge in [-0.2, -0.15) is 10.5 Å². The molecule has 1 saturated heterocycles. The first kappa shape index (κ1) is 24.4. The van der Waals surface area contributed by atoms with Gasteiger partial charge in [-0.1, -0.05) is 18.2 Å². The molecule has 1 aromatic heterocycles. The zero-order chi connectivity index (χ0) is 25.8. The smallest absolute Gasteiger partial charge is 0.254 e. The minimum Gasteiger partial charge on any atom is -0.477 e. The third kappa shape index (κ3) is 5.77. The molecule has 2 aliphatic rings.